The third-order valence-electron chi connectivity index (χ3n) is 3.97. The van der Waals surface area contributed by atoms with E-state index in [1.165, 1.54) is 11.3 Å². The third-order valence-corrected chi connectivity index (χ3v) is 6.82. The van der Waals surface area contributed by atoms with Crippen LogP contribution in [0.15, 0.2) is 52.9 Å². The molecule has 0 aliphatic heterocycles. The van der Waals surface area contributed by atoms with E-state index in [0.29, 0.717) is 22.3 Å². The Hall–Kier alpha value is -1.64. The lowest BCUT2D eigenvalue weighted by Crippen LogP contribution is -2.17. The minimum atomic E-state index is -0.266. The summed E-state index contributed by atoms with van der Waals surface area (Å²) in [5.74, 6) is 1.42. The number of hydrogen-bond donors (Lipinski definition) is 1. The Balaban J connectivity index is 1.49. The molecular formula is C18H15Cl2N5S2. The molecule has 0 aliphatic carbocycles. The molecule has 5 nitrogen and oxygen atoms in total. The van der Waals surface area contributed by atoms with Crippen molar-refractivity contribution >= 4 is 51.3 Å². The second-order valence-corrected chi connectivity index (χ2v) is 8.95. The number of fused-ring (bicyclic) bond motifs is 1. The van der Waals surface area contributed by atoms with Gasteiger partial charge in [-0.25, -0.2) is 0 Å². The van der Waals surface area contributed by atoms with E-state index in [9.17, 15) is 0 Å². The third kappa shape index (κ3) is 4.28. The Morgan fingerprint density at radius 2 is 1.85 bits per heavy atom. The van der Waals surface area contributed by atoms with Gasteiger partial charge in [-0.05, 0) is 29.7 Å². The van der Waals surface area contributed by atoms with Gasteiger partial charge in [-0.3, -0.25) is 0 Å². The van der Waals surface area contributed by atoms with Gasteiger partial charge in [0.2, 0.25) is 4.96 Å². The van der Waals surface area contributed by atoms with E-state index >= 15 is 0 Å². The molecule has 2 N–H and O–H groups in total. The summed E-state index contributed by atoms with van der Waals surface area (Å²) in [5, 5.41) is 14.2. The summed E-state index contributed by atoms with van der Waals surface area (Å²) in [6, 6.07) is 15.5. The van der Waals surface area contributed by atoms with Gasteiger partial charge in [0.05, 0.1) is 16.1 Å². The smallest absolute Gasteiger partial charge is 0.235 e. The zero-order chi connectivity index (χ0) is 18.8. The van der Waals surface area contributed by atoms with Crippen molar-refractivity contribution in [1.29, 1.82) is 0 Å². The summed E-state index contributed by atoms with van der Waals surface area (Å²) in [6.07, 6.45) is 0.685. The molecule has 0 fully saturated rings. The van der Waals surface area contributed by atoms with Crippen LogP contribution in [0.25, 0.3) is 4.96 Å². The van der Waals surface area contributed by atoms with Crippen LogP contribution in [0.3, 0.4) is 0 Å². The molecule has 1 atom stereocenters. The molecule has 0 aliphatic rings. The van der Waals surface area contributed by atoms with E-state index in [-0.39, 0.29) is 6.04 Å². The van der Waals surface area contributed by atoms with Crippen molar-refractivity contribution in [3.8, 4) is 0 Å². The largest absolute Gasteiger partial charge is 0.321 e. The van der Waals surface area contributed by atoms with E-state index in [1.807, 2.05) is 30.3 Å². The molecule has 27 heavy (non-hydrogen) atoms. The van der Waals surface area contributed by atoms with E-state index in [4.69, 9.17) is 28.9 Å². The van der Waals surface area contributed by atoms with Gasteiger partial charge >= 0.3 is 0 Å². The lowest BCUT2D eigenvalue weighted by molar-refractivity contribution is 0.635. The van der Waals surface area contributed by atoms with Crippen LogP contribution in [-0.2, 0) is 12.2 Å². The van der Waals surface area contributed by atoms with Crippen LogP contribution in [0.5, 0.6) is 0 Å². The lowest BCUT2D eigenvalue weighted by atomic mass is 10.1. The maximum atomic E-state index is 6.35. The second-order valence-electron chi connectivity index (χ2n) is 5.95. The molecule has 0 radical (unpaired) electrons. The summed E-state index contributed by atoms with van der Waals surface area (Å²) < 4.78 is 2.65. The van der Waals surface area contributed by atoms with Crippen molar-refractivity contribution in [2.75, 3.05) is 0 Å². The molecular weight excluding hydrogens is 421 g/mol. The molecule has 2 aromatic heterocycles. The second kappa shape index (κ2) is 8.16. The first-order chi connectivity index (χ1) is 13.1. The van der Waals surface area contributed by atoms with E-state index in [0.717, 1.165) is 26.2 Å². The Morgan fingerprint density at radius 1 is 1.04 bits per heavy atom. The topological polar surface area (TPSA) is 69.1 Å². The van der Waals surface area contributed by atoms with Gasteiger partial charge in [-0.15, -0.1) is 15.3 Å². The van der Waals surface area contributed by atoms with Gasteiger partial charge in [0.15, 0.2) is 10.2 Å². The fraction of sp³-hybridized carbons (Fsp3) is 0.167. The number of hydrogen-bond acceptors (Lipinski definition) is 6. The van der Waals surface area contributed by atoms with Gasteiger partial charge in [-0.2, -0.15) is 4.52 Å². The molecule has 4 aromatic rings. The van der Waals surface area contributed by atoms with Crippen molar-refractivity contribution in [2.45, 2.75) is 22.6 Å². The van der Waals surface area contributed by atoms with Crippen LogP contribution in [0.2, 0.25) is 10.0 Å². The van der Waals surface area contributed by atoms with Crippen molar-refractivity contribution in [3.63, 3.8) is 0 Å². The van der Waals surface area contributed by atoms with Crippen LogP contribution < -0.4 is 5.73 Å². The van der Waals surface area contributed by atoms with Gasteiger partial charge < -0.3 is 5.73 Å². The maximum Gasteiger partial charge on any atom is 0.235 e. The molecule has 4 rings (SSSR count). The number of rotatable bonds is 6. The van der Waals surface area contributed by atoms with Crippen LogP contribution in [0.1, 0.15) is 23.0 Å². The summed E-state index contributed by atoms with van der Waals surface area (Å²) in [7, 11) is 0. The van der Waals surface area contributed by atoms with Crippen molar-refractivity contribution < 1.29 is 0 Å². The standard InChI is InChI=1S/C18H15Cl2N5S2/c19-13-7-6-12(8-14(13)20)10-26-18-24-25-16(22-23-17(25)27-18)15(21)9-11-4-2-1-3-5-11/h1-8,15H,9-10,21H2. The first-order valence-corrected chi connectivity index (χ1v) is 10.7. The normalized spacial score (nSPS) is 12.6. The molecule has 9 heteroatoms. The molecule has 1 unspecified atom stereocenters. The highest BCUT2D eigenvalue weighted by molar-refractivity contribution is 8.00. The number of thioether (sulfide) groups is 1. The molecule has 2 aromatic carbocycles. The van der Waals surface area contributed by atoms with Crippen molar-refractivity contribution in [2.24, 2.45) is 5.73 Å². The van der Waals surface area contributed by atoms with Gasteiger partial charge in [-0.1, -0.05) is 82.7 Å². The van der Waals surface area contributed by atoms with Crippen LogP contribution >= 0.6 is 46.3 Å². The first kappa shape index (κ1) is 18.7. The maximum absolute atomic E-state index is 6.35. The SMILES string of the molecule is NC(Cc1ccccc1)c1nnc2sc(SCc3ccc(Cl)c(Cl)c3)nn12. The van der Waals surface area contributed by atoms with E-state index in [1.54, 1.807) is 22.3 Å². The molecule has 0 saturated carbocycles. The lowest BCUT2D eigenvalue weighted by Gasteiger charge is -2.08. The first-order valence-electron chi connectivity index (χ1n) is 8.18. The summed E-state index contributed by atoms with van der Waals surface area (Å²) in [6.45, 7) is 0. The predicted molar refractivity (Wildman–Crippen MR) is 112 cm³/mol. The fourth-order valence-corrected chi connectivity index (χ4v) is 4.78. The zero-order valence-corrected chi connectivity index (χ0v) is 17.2. The van der Waals surface area contributed by atoms with Gasteiger partial charge in [0.25, 0.3) is 0 Å². The van der Waals surface area contributed by atoms with Crippen LogP contribution in [0, 0.1) is 0 Å². The Bertz CT molecular complexity index is 1060. The molecule has 2 heterocycles. The van der Waals surface area contributed by atoms with E-state index in [2.05, 4.69) is 27.4 Å². The number of benzene rings is 2. The van der Waals surface area contributed by atoms with Crippen LogP contribution in [-0.4, -0.2) is 19.8 Å². The predicted octanol–water partition coefficient (Wildman–Crippen LogP) is 5.03. The highest BCUT2D eigenvalue weighted by Gasteiger charge is 2.18. The molecule has 0 saturated heterocycles. The minimum Gasteiger partial charge on any atom is -0.321 e. The average molecular weight is 436 g/mol. The Morgan fingerprint density at radius 3 is 2.63 bits per heavy atom. The molecule has 0 bridgehead atoms. The molecule has 0 spiro atoms. The number of nitrogens with zero attached hydrogens (tertiary/aromatic N) is 4. The number of nitrogens with two attached hydrogens (primary N) is 1. The van der Waals surface area contributed by atoms with E-state index < -0.39 is 0 Å². The average Bonchev–Trinajstić information content (AvgIpc) is 3.23. The number of aromatic nitrogens is 4. The Kier molecular flexibility index (Phi) is 5.66. The highest BCUT2D eigenvalue weighted by Crippen LogP contribution is 2.30. The number of halogens is 2. The van der Waals surface area contributed by atoms with Gasteiger partial charge in [0.1, 0.15) is 0 Å². The van der Waals surface area contributed by atoms with Crippen molar-refractivity contribution in [3.05, 3.63) is 75.5 Å². The fourth-order valence-electron chi connectivity index (χ4n) is 2.64. The molecule has 0 amide bonds. The Labute approximate surface area is 174 Å². The molecule has 138 valence electrons. The zero-order valence-electron chi connectivity index (χ0n) is 14.0. The monoisotopic (exact) mass is 435 g/mol. The van der Waals surface area contributed by atoms with Crippen LogP contribution in [0.4, 0.5) is 0 Å². The summed E-state index contributed by atoms with van der Waals surface area (Å²) in [4.78, 5) is 0.741. The van der Waals surface area contributed by atoms with Crippen molar-refractivity contribution in [1.82, 2.24) is 19.8 Å². The summed E-state index contributed by atoms with van der Waals surface area (Å²) in [5.41, 5.74) is 8.59. The quantitative estimate of drug-likeness (QED) is 0.430. The minimum absolute atomic E-state index is 0.266. The van der Waals surface area contributed by atoms with Gasteiger partial charge in [0, 0.05) is 5.75 Å². The summed E-state index contributed by atoms with van der Waals surface area (Å²) >= 11 is 15.2. The highest BCUT2D eigenvalue weighted by atomic mass is 35.5.